The molecule has 2 amide bonds. The molecule has 0 aromatic rings. The molecular formula is C20H38N6O4. The number of nitrogens with zero attached hydrogens (tertiary/aromatic N) is 1. The van der Waals surface area contributed by atoms with Crippen molar-refractivity contribution in [3.8, 4) is 0 Å². The number of carbonyl (C=O) groups excluding carboxylic acids is 3. The Morgan fingerprint density at radius 3 is 2.47 bits per heavy atom. The fourth-order valence-corrected chi connectivity index (χ4v) is 2.77. The molecule has 2 unspecified atom stereocenters. The van der Waals surface area contributed by atoms with Gasteiger partial charge in [-0.1, -0.05) is 18.6 Å². The van der Waals surface area contributed by atoms with Crippen molar-refractivity contribution in [3.05, 3.63) is 11.6 Å². The van der Waals surface area contributed by atoms with Crippen molar-refractivity contribution in [2.75, 3.05) is 53.4 Å². The first kappa shape index (κ1) is 26.0. The van der Waals surface area contributed by atoms with Crippen LogP contribution in [0.1, 0.15) is 26.2 Å². The molecule has 0 radical (unpaired) electrons. The molecule has 1 rings (SSSR count). The summed E-state index contributed by atoms with van der Waals surface area (Å²) in [6.07, 6.45) is 3.71. The lowest BCUT2D eigenvalue weighted by molar-refractivity contribution is -0.145. The second-order valence-corrected chi connectivity index (χ2v) is 7.88. The highest BCUT2D eigenvalue weighted by atomic mass is 16.5. The average molecular weight is 427 g/mol. The van der Waals surface area contributed by atoms with Crippen LogP contribution in [-0.2, 0) is 19.1 Å². The number of carbonyl (C=O) groups is 3. The number of hydrogen-bond donors (Lipinski definition) is 5. The van der Waals surface area contributed by atoms with Gasteiger partial charge in [-0.2, -0.15) is 0 Å². The van der Waals surface area contributed by atoms with Crippen molar-refractivity contribution in [2.45, 2.75) is 38.3 Å². The molecular weight excluding hydrogens is 388 g/mol. The summed E-state index contributed by atoms with van der Waals surface area (Å²) in [6, 6.07) is -1.24. The Labute approximate surface area is 179 Å². The minimum atomic E-state index is -0.735. The molecule has 7 N–H and O–H groups in total. The van der Waals surface area contributed by atoms with Gasteiger partial charge in [-0.05, 0) is 39.4 Å². The van der Waals surface area contributed by atoms with E-state index in [1.54, 1.807) is 0 Å². The Balaban J connectivity index is 2.06. The summed E-state index contributed by atoms with van der Waals surface area (Å²) < 4.78 is 5.13. The molecule has 3 atom stereocenters. The van der Waals surface area contributed by atoms with Gasteiger partial charge in [-0.15, -0.1) is 0 Å². The van der Waals surface area contributed by atoms with E-state index in [-0.39, 0.29) is 18.5 Å². The maximum absolute atomic E-state index is 11.9. The van der Waals surface area contributed by atoms with Gasteiger partial charge in [0.15, 0.2) is 0 Å². The summed E-state index contributed by atoms with van der Waals surface area (Å²) in [5.74, 6) is -0.591. The first-order valence-electron chi connectivity index (χ1n) is 10.5. The maximum atomic E-state index is 11.9. The summed E-state index contributed by atoms with van der Waals surface area (Å²) in [6.45, 7) is 4.85. The second-order valence-electron chi connectivity index (χ2n) is 7.88. The van der Waals surface area contributed by atoms with E-state index in [4.69, 9.17) is 16.2 Å². The van der Waals surface area contributed by atoms with Gasteiger partial charge in [0.1, 0.15) is 12.6 Å². The first-order chi connectivity index (χ1) is 14.2. The summed E-state index contributed by atoms with van der Waals surface area (Å²) >= 11 is 0. The third-order valence-electron chi connectivity index (χ3n) is 4.77. The fraction of sp³-hybridized carbons (Fsp3) is 0.750. The van der Waals surface area contributed by atoms with E-state index >= 15 is 0 Å². The molecule has 0 aliphatic heterocycles. The lowest BCUT2D eigenvalue weighted by Gasteiger charge is -2.16. The molecule has 10 nitrogen and oxygen atoms in total. The largest absolute Gasteiger partial charge is 0.463 e. The van der Waals surface area contributed by atoms with E-state index in [9.17, 15) is 14.4 Å². The van der Waals surface area contributed by atoms with Crippen LogP contribution in [0.3, 0.4) is 0 Å². The van der Waals surface area contributed by atoms with Gasteiger partial charge < -0.3 is 37.1 Å². The molecule has 0 aromatic carbocycles. The number of nitrogens with two attached hydrogens (primary N) is 2. The molecule has 0 saturated carbocycles. The van der Waals surface area contributed by atoms with Crippen molar-refractivity contribution >= 4 is 17.8 Å². The quantitative estimate of drug-likeness (QED) is 0.105. The molecule has 10 heteroatoms. The number of hydrogen-bond acceptors (Lipinski definition) is 8. The lowest BCUT2D eigenvalue weighted by Crippen LogP contribution is -2.47. The van der Waals surface area contributed by atoms with Gasteiger partial charge in [-0.25, -0.2) is 0 Å². The van der Waals surface area contributed by atoms with E-state index in [2.05, 4.69) is 29.0 Å². The van der Waals surface area contributed by atoms with Crippen LogP contribution in [0.2, 0.25) is 0 Å². The third kappa shape index (κ3) is 11.9. The minimum absolute atomic E-state index is 0.0842. The maximum Gasteiger partial charge on any atom is 0.305 e. The predicted molar refractivity (Wildman–Crippen MR) is 115 cm³/mol. The van der Waals surface area contributed by atoms with E-state index in [0.29, 0.717) is 51.4 Å². The zero-order valence-electron chi connectivity index (χ0n) is 18.4. The molecule has 0 aromatic heterocycles. The van der Waals surface area contributed by atoms with Gasteiger partial charge in [0.25, 0.3) is 0 Å². The van der Waals surface area contributed by atoms with Crippen LogP contribution >= 0.6 is 0 Å². The summed E-state index contributed by atoms with van der Waals surface area (Å²) in [5, 5.41) is 8.90. The van der Waals surface area contributed by atoms with Crippen molar-refractivity contribution in [3.63, 3.8) is 0 Å². The lowest BCUT2D eigenvalue weighted by atomic mass is 10.1. The molecule has 1 aliphatic rings. The number of ether oxygens (including phenoxy) is 1. The van der Waals surface area contributed by atoms with Gasteiger partial charge in [0.2, 0.25) is 11.8 Å². The van der Waals surface area contributed by atoms with Crippen LogP contribution in [0.15, 0.2) is 11.6 Å². The Hall–Kier alpha value is -2.01. The van der Waals surface area contributed by atoms with Crippen molar-refractivity contribution in [2.24, 2.45) is 17.4 Å². The minimum Gasteiger partial charge on any atom is -0.463 e. The van der Waals surface area contributed by atoms with Gasteiger partial charge >= 0.3 is 5.97 Å². The van der Waals surface area contributed by atoms with Crippen LogP contribution in [0.25, 0.3) is 0 Å². The number of amides is 2. The van der Waals surface area contributed by atoms with E-state index in [1.165, 1.54) is 5.57 Å². The molecule has 0 bridgehead atoms. The topological polar surface area (TPSA) is 152 Å². The zero-order chi connectivity index (χ0) is 22.5. The van der Waals surface area contributed by atoms with Crippen LogP contribution in [0.5, 0.6) is 0 Å². The Morgan fingerprint density at radius 1 is 1.20 bits per heavy atom. The van der Waals surface area contributed by atoms with Crippen molar-refractivity contribution < 1.29 is 19.1 Å². The van der Waals surface area contributed by atoms with Crippen LogP contribution in [0.4, 0.5) is 0 Å². The molecule has 0 spiro atoms. The Morgan fingerprint density at radius 2 is 1.87 bits per heavy atom. The predicted octanol–water partition coefficient (Wildman–Crippen LogP) is -1.69. The van der Waals surface area contributed by atoms with Crippen molar-refractivity contribution in [1.82, 2.24) is 20.9 Å². The molecule has 30 heavy (non-hydrogen) atoms. The van der Waals surface area contributed by atoms with Crippen LogP contribution in [0, 0.1) is 5.92 Å². The number of nitrogens with one attached hydrogen (secondary N) is 3. The summed E-state index contributed by atoms with van der Waals surface area (Å²) in [5.41, 5.74) is 12.5. The fourth-order valence-electron chi connectivity index (χ4n) is 2.77. The molecule has 1 aliphatic carbocycles. The Bertz CT molecular complexity index is 596. The number of allylic oxidation sites excluding steroid dienone is 1. The number of esters is 1. The summed E-state index contributed by atoms with van der Waals surface area (Å²) in [4.78, 5) is 37.1. The normalized spacial score (nSPS) is 17.2. The molecule has 0 saturated heterocycles. The monoisotopic (exact) mass is 426 g/mol. The smallest absolute Gasteiger partial charge is 0.305 e. The summed E-state index contributed by atoms with van der Waals surface area (Å²) in [7, 11) is 3.87. The number of primary amides is 1. The SMILES string of the molecule is C[C@H]1C=C1CC(N)C(=O)NCCNCCNC(COC(=O)CCCN(C)C)C(N)=O. The highest BCUT2D eigenvalue weighted by molar-refractivity contribution is 5.82. The van der Waals surface area contributed by atoms with Gasteiger partial charge in [-0.3, -0.25) is 14.4 Å². The molecule has 0 fully saturated rings. The van der Waals surface area contributed by atoms with E-state index in [0.717, 1.165) is 6.54 Å². The standard InChI is InChI=1S/C20H38N6O4/c1-14-11-15(14)12-16(21)20(29)25-9-7-23-6-8-24-17(19(22)28)13-30-18(27)5-4-10-26(2)3/h11,14,16-17,23-24H,4-10,12-13,21H2,1-3H3,(H2,22,28)(H,25,29)/t14-,16?,17?/m0/s1. The highest BCUT2D eigenvalue weighted by Crippen LogP contribution is 2.31. The highest BCUT2D eigenvalue weighted by Gasteiger charge is 2.24. The molecule has 0 heterocycles. The first-order valence-corrected chi connectivity index (χ1v) is 10.5. The van der Waals surface area contributed by atoms with Gasteiger partial charge in [0, 0.05) is 32.6 Å². The zero-order valence-corrected chi connectivity index (χ0v) is 18.4. The van der Waals surface area contributed by atoms with E-state index in [1.807, 2.05) is 19.0 Å². The Kier molecular flexibility index (Phi) is 12.2. The van der Waals surface area contributed by atoms with Crippen LogP contribution < -0.4 is 27.4 Å². The average Bonchev–Trinajstić information content (AvgIpc) is 3.36. The van der Waals surface area contributed by atoms with Crippen molar-refractivity contribution in [1.29, 1.82) is 0 Å². The second kappa shape index (κ2) is 14.1. The molecule has 172 valence electrons. The van der Waals surface area contributed by atoms with Gasteiger partial charge in [0.05, 0.1) is 6.04 Å². The number of rotatable bonds is 17. The van der Waals surface area contributed by atoms with Crippen LogP contribution in [-0.4, -0.2) is 88.2 Å². The van der Waals surface area contributed by atoms with E-state index < -0.39 is 18.0 Å². The third-order valence-corrected chi connectivity index (χ3v) is 4.77.